The number of nitrogens with one attached hydrogen (secondary N) is 2. The molecule has 1 saturated heterocycles. The number of anilines is 1. The van der Waals surface area contributed by atoms with E-state index in [1.165, 1.54) is 0 Å². The van der Waals surface area contributed by atoms with Crippen LogP contribution in [0.2, 0.25) is 0 Å². The average Bonchev–Trinajstić information content (AvgIpc) is 2.75. The van der Waals surface area contributed by atoms with E-state index in [1.54, 1.807) is 19.3 Å². The first-order valence-corrected chi connectivity index (χ1v) is 6.67. The molecule has 0 radical (unpaired) electrons. The topological polar surface area (TPSA) is 63.2 Å². The van der Waals surface area contributed by atoms with Gasteiger partial charge in [0.25, 0.3) is 5.91 Å². The lowest BCUT2D eigenvalue weighted by atomic mass is 10.1. The van der Waals surface area contributed by atoms with E-state index in [1.807, 2.05) is 6.92 Å². The normalized spacial score (nSPS) is 22.8. The smallest absolute Gasteiger partial charge is 0.255 e. The molecule has 1 aliphatic heterocycles. The van der Waals surface area contributed by atoms with Gasteiger partial charge in [-0.15, -0.1) is 0 Å². The van der Waals surface area contributed by atoms with Crippen molar-refractivity contribution in [1.82, 2.24) is 10.3 Å². The van der Waals surface area contributed by atoms with E-state index in [9.17, 15) is 4.79 Å². The summed E-state index contributed by atoms with van der Waals surface area (Å²) in [7, 11) is 1.74. The van der Waals surface area contributed by atoms with Crippen LogP contribution in [0.1, 0.15) is 23.7 Å². The van der Waals surface area contributed by atoms with E-state index >= 15 is 0 Å². The van der Waals surface area contributed by atoms with Crippen molar-refractivity contribution in [3.05, 3.63) is 22.3 Å². The summed E-state index contributed by atoms with van der Waals surface area (Å²) in [6.07, 6.45) is 2.57. The molecule has 1 aromatic rings. The largest absolute Gasteiger partial charge is 0.376 e. The summed E-state index contributed by atoms with van der Waals surface area (Å²) >= 11 is 3.32. The van der Waals surface area contributed by atoms with Crippen molar-refractivity contribution in [1.29, 1.82) is 0 Å². The number of ether oxygens (including phenoxy) is 1. The van der Waals surface area contributed by atoms with E-state index in [0.29, 0.717) is 18.0 Å². The number of aromatic nitrogens is 1. The third-order valence-electron chi connectivity index (χ3n) is 3.03. The van der Waals surface area contributed by atoms with Gasteiger partial charge in [-0.1, -0.05) is 0 Å². The molecule has 1 fully saturated rings. The highest BCUT2D eigenvalue weighted by Gasteiger charge is 2.26. The number of carbonyl (C=O) groups excluding carboxylic acids is 1. The number of rotatable bonds is 3. The zero-order chi connectivity index (χ0) is 13.1. The Morgan fingerprint density at radius 2 is 2.39 bits per heavy atom. The highest BCUT2D eigenvalue weighted by atomic mass is 79.9. The maximum atomic E-state index is 12.2. The van der Waals surface area contributed by atoms with Crippen LogP contribution in [0.4, 0.5) is 5.82 Å². The first-order chi connectivity index (χ1) is 8.61. The van der Waals surface area contributed by atoms with Crippen LogP contribution in [-0.4, -0.2) is 36.7 Å². The van der Waals surface area contributed by atoms with E-state index in [2.05, 4.69) is 31.5 Å². The van der Waals surface area contributed by atoms with Crippen molar-refractivity contribution in [3.63, 3.8) is 0 Å². The van der Waals surface area contributed by atoms with Gasteiger partial charge in [-0.3, -0.25) is 4.79 Å². The fraction of sp³-hybridized carbons (Fsp3) is 0.500. The number of pyridine rings is 1. The van der Waals surface area contributed by atoms with Crippen LogP contribution in [0.5, 0.6) is 0 Å². The number of hydrogen-bond donors (Lipinski definition) is 2. The molecule has 0 spiro atoms. The van der Waals surface area contributed by atoms with Gasteiger partial charge in [-0.25, -0.2) is 4.98 Å². The Morgan fingerprint density at radius 1 is 1.61 bits per heavy atom. The second-order valence-electron chi connectivity index (χ2n) is 4.24. The first-order valence-electron chi connectivity index (χ1n) is 5.87. The summed E-state index contributed by atoms with van der Waals surface area (Å²) < 4.78 is 6.21. The van der Waals surface area contributed by atoms with Gasteiger partial charge in [-0.05, 0) is 35.3 Å². The molecule has 1 aromatic heterocycles. The molecular weight excluding hydrogens is 298 g/mol. The number of amides is 1. The fourth-order valence-electron chi connectivity index (χ4n) is 1.98. The monoisotopic (exact) mass is 313 g/mol. The Morgan fingerprint density at radius 3 is 3.00 bits per heavy atom. The molecule has 2 N–H and O–H groups in total. The van der Waals surface area contributed by atoms with Crippen molar-refractivity contribution in [2.75, 3.05) is 19.0 Å². The number of hydrogen-bond acceptors (Lipinski definition) is 4. The predicted molar refractivity (Wildman–Crippen MR) is 72.8 cm³/mol. The number of carbonyl (C=O) groups is 1. The van der Waals surface area contributed by atoms with Crippen LogP contribution in [-0.2, 0) is 4.74 Å². The molecule has 1 aliphatic rings. The minimum atomic E-state index is -0.129. The lowest BCUT2D eigenvalue weighted by molar-refractivity contribution is 0.0866. The summed E-state index contributed by atoms with van der Waals surface area (Å²) in [5.74, 6) is 0.442. The van der Waals surface area contributed by atoms with Gasteiger partial charge in [0.05, 0.1) is 17.7 Å². The summed E-state index contributed by atoms with van der Waals surface area (Å²) in [5, 5.41) is 5.90. The van der Waals surface area contributed by atoms with Gasteiger partial charge in [0.2, 0.25) is 0 Å². The molecular formula is C12H16BrN3O2. The Kier molecular flexibility index (Phi) is 4.19. The van der Waals surface area contributed by atoms with Crippen LogP contribution < -0.4 is 10.6 Å². The Hall–Kier alpha value is -1.14. The van der Waals surface area contributed by atoms with Crippen molar-refractivity contribution in [2.24, 2.45) is 0 Å². The Bertz CT molecular complexity index is 453. The standard InChI is InChI=1S/C12H16BrN3O2/c1-7-10(3-4-18-7)16-12(17)9-5-8(13)6-15-11(9)14-2/h5-7,10H,3-4H2,1-2H3,(H,14,15)(H,16,17). The molecule has 0 saturated carbocycles. The minimum Gasteiger partial charge on any atom is -0.376 e. The SMILES string of the molecule is CNc1ncc(Br)cc1C(=O)NC1CCOC1C. The number of nitrogens with zero attached hydrogens (tertiary/aromatic N) is 1. The summed E-state index contributed by atoms with van der Waals surface area (Å²) in [4.78, 5) is 16.4. The molecule has 5 nitrogen and oxygen atoms in total. The molecule has 98 valence electrons. The summed E-state index contributed by atoms with van der Waals surface area (Å²) in [5.41, 5.74) is 0.533. The molecule has 0 aliphatic carbocycles. The van der Waals surface area contributed by atoms with Gasteiger partial charge in [-0.2, -0.15) is 0 Å². The second kappa shape index (κ2) is 5.67. The van der Waals surface area contributed by atoms with E-state index < -0.39 is 0 Å². The first kappa shape index (κ1) is 13.3. The molecule has 6 heteroatoms. The van der Waals surface area contributed by atoms with Crippen LogP contribution in [0.25, 0.3) is 0 Å². The van der Waals surface area contributed by atoms with E-state index in [-0.39, 0.29) is 18.1 Å². The van der Waals surface area contributed by atoms with Gasteiger partial charge in [0, 0.05) is 24.3 Å². The zero-order valence-corrected chi connectivity index (χ0v) is 12.0. The maximum absolute atomic E-state index is 12.2. The van der Waals surface area contributed by atoms with Crippen LogP contribution >= 0.6 is 15.9 Å². The molecule has 2 unspecified atom stereocenters. The quantitative estimate of drug-likeness (QED) is 0.893. The van der Waals surface area contributed by atoms with Gasteiger partial charge >= 0.3 is 0 Å². The van der Waals surface area contributed by atoms with Crippen molar-refractivity contribution in [2.45, 2.75) is 25.5 Å². The molecule has 1 amide bonds. The lowest BCUT2D eigenvalue weighted by Crippen LogP contribution is -2.39. The minimum absolute atomic E-state index is 0.0621. The molecule has 2 heterocycles. The highest BCUT2D eigenvalue weighted by molar-refractivity contribution is 9.10. The maximum Gasteiger partial charge on any atom is 0.255 e. The third kappa shape index (κ3) is 2.81. The Balaban J connectivity index is 2.15. The van der Waals surface area contributed by atoms with Gasteiger partial charge < -0.3 is 15.4 Å². The molecule has 18 heavy (non-hydrogen) atoms. The van der Waals surface area contributed by atoms with Gasteiger partial charge in [0.1, 0.15) is 5.82 Å². The van der Waals surface area contributed by atoms with Crippen molar-refractivity contribution in [3.8, 4) is 0 Å². The third-order valence-corrected chi connectivity index (χ3v) is 3.46. The van der Waals surface area contributed by atoms with Crippen molar-refractivity contribution >= 4 is 27.7 Å². The van der Waals surface area contributed by atoms with Crippen LogP contribution in [0, 0.1) is 0 Å². The fourth-order valence-corrected chi connectivity index (χ4v) is 2.31. The summed E-state index contributed by atoms with van der Waals surface area (Å²) in [6.45, 7) is 2.66. The molecule has 2 atom stereocenters. The lowest BCUT2D eigenvalue weighted by Gasteiger charge is -2.17. The van der Waals surface area contributed by atoms with Crippen LogP contribution in [0.15, 0.2) is 16.7 Å². The van der Waals surface area contributed by atoms with Crippen LogP contribution in [0.3, 0.4) is 0 Å². The number of halogens is 1. The summed E-state index contributed by atoms with van der Waals surface area (Å²) in [6, 6.07) is 1.83. The average molecular weight is 314 g/mol. The Labute approximate surface area is 114 Å². The van der Waals surface area contributed by atoms with E-state index in [4.69, 9.17) is 4.74 Å². The highest BCUT2D eigenvalue weighted by Crippen LogP contribution is 2.19. The molecule has 0 aromatic carbocycles. The predicted octanol–water partition coefficient (Wildman–Crippen LogP) is 1.79. The van der Waals surface area contributed by atoms with E-state index in [0.717, 1.165) is 10.9 Å². The molecule has 2 rings (SSSR count). The molecule has 0 bridgehead atoms. The van der Waals surface area contributed by atoms with Crippen molar-refractivity contribution < 1.29 is 9.53 Å². The van der Waals surface area contributed by atoms with Gasteiger partial charge in [0.15, 0.2) is 0 Å². The second-order valence-corrected chi connectivity index (χ2v) is 5.16. The zero-order valence-electron chi connectivity index (χ0n) is 10.4.